The van der Waals surface area contributed by atoms with Gasteiger partial charge in [0.05, 0.1) is 11.4 Å². The third-order valence-electron chi connectivity index (χ3n) is 5.49. The van der Waals surface area contributed by atoms with Gasteiger partial charge in [0, 0.05) is 25.0 Å². The fourth-order valence-electron chi connectivity index (χ4n) is 3.52. The number of rotatable bonds is 7. The van der Waals surface area contributed by atoms with E-state index in [-0.39, 0.29) is 29.2 Å². The summed E-state index contributed by atoms with van der Waals surface area (Å²) in [6, 6.07) is 8.81. The number of thioether (sulfide) groups is 1. The van der Waals surface area contributed by atoms with Crippen molar-refractivity contribution in [3.05, 3.63) is 41.7 Å². The van der Waals surface area contributed by atoms with E-state index < -0.39 is 5.82 Å². The molecule has 4 rings (SSSR count). The van der Waals surface area contributed by atoms with E-state index in [2.05, 4.69) is 25.7 Å². The smallest absolute Gasteiger partial charge is 0.234 e. The number of benzene rings is 1. The minimum Gasteiger partial charge on any atom is -0.355 e. The van der Waals surface area contributed by atoms with E-state index in [0.29, 0.717) is 11.1 Å². The molecule has 9 heteroatoms. The maximum atomic E-state index is 13.9. The van der Waals surface area contributed by atoms with Gasteiger partial charge in [0.2, 0.25) is 11.8 Å². The Bertz CT molecular complexity index is 943. The molecular weight excluding hydrogens is 417 g/mol. The maximum Gasteiger partial charge on any atom is 0.234 e. The Balaban J connectivity index is 1.23. The topological polar surface area (TPSA) is 87.2 Å². The zero-order chi connectivity index (χ0) is 21.8. The number of piperidine rings is 1. The number of aromatic nitrogens is 2. The molecule has 0 atom stereocenters. The molecule has 2 fully saturated rings. The van der Waals surface area contributed by atoms with Crippen LogP contribution < -0.4 is 15.5 Å². The van der Waals surface area contributed by atoms with Crippen molar-refractivity contribution >= 4 is 35.1 Å². The number of carbonyl (C=O) groups is 2. The molecule has 2 aliphatic rings. The van der Waals surface area contributed by atoms with Gasteiger partial charge in [0.25, 0.3) is 0 Å². The highest BCUT2D eigenvalue weighted by Crippen LogP contribution is 2.25. The first-order valence-corrected chi connectivity index (χ1v) is 11.5. The van der Waals surface area contributed by atoms with Gasteiger partial charge in [-0.2, -0.15) is 0 Å². The van der Waals surface area contributed by atoms with E-state index in [9.17, 15) is 14.0 Å². The lowest BCUT2D eigenvalue weighted by Crippen LogP contribution is -2.41. The Morgan fingerprint density at radius 3 is 2.55 bits per heavy atom. The van der Waals surface area contributed by atoms with Crippen molar-refractivity contribution in [1.82, 2.24) is 15.5 Å². The summed E-state index contributed by atoms with van der Waals surface area (Å²) in [7, 11) is 0. The van der Waals surface area contributed by atoms with Crippen LogP contribution in [0.2, 0.25) is 0 Å². The van der Waals surface area contributed by atoms with Crippen molar-refractivity contribution in [1.29, 1.82) is 0 Å². The van der Waals surface area contributed by atoms with Crippen molar-refractivity contribution in [2.75, 3.05) is 29.1 Å². The van der Waals surface area contributed by atoms with Crippen LogP contribution in [0.1, 0.15) is 31.2 Å². The predicted molar refractivity (Wildman–Crippen MR) is 119 cm³/mol. The van der Waals surface area contributed by atoms with Gasteiger partial charge in [0.1, 0.15) is 10.8 Å². The zero-order valence-electron chi connectivity index (χ0n) is 17.4. The van der Waals surface area contributed by atoms with Gasteiger partial charge in [-0.1, -0.05) is 17.8 Å². The van der Waals surface area contributed by atoms with E-state index in [0.717, 1.165) is 50.2 Å². The Kier molecular flexibility index (Phi) is 6.70. The summed E-state index contributed by atoms with van der Waals surface area (Å²) in [6.07, 6.45) is 3.84. The molecule has 2 N–H and O–H groups in total. The van der Waals surface area contributed by atoms with Crippen LogP contribution in [0, 0.1) is 18.7 Å². The van der Waals surface area contributed by atoms with Crippen LogP contribution in [-0.2, 0) is 9.59 Å². The molecule has 1 aromatic carbocycles. The lowest BCUT2D eigenvalue weighted by Gasteiger charge is -2.31. The Morgan fingerprint density at radius 1 is 1.13 bits per heavy atom. The molecule has 1 saturated heterocycles. The minimum absolute atomic E-state index is 0.0801. The van der Waals surface area contributed by atoms with E-state index in [1.54, 1.807) is 19.1 Å². The Morgan fingerprint density at radius 2 is 1.90 bits per heavy atom. The second kappa shape index (κ2) is 9.64. The summed E-state index contributed by atoms with van der Waals surface area (Å²) >= 11 is 1.25. The third-order valence-corrected chi connectivity index (χ3v) is 6.41. The molecular formula is C22H26FN5O2S. The van der Waals surface area contributed by atoms with E-state index in [4.69, 9.17) is 0 Å². The van der Waals surface area contributed by atoms with Gasteiger partial charge in [-0.3, -0.25) is 9.59 Å². The summed E-state index contributed by atoms with van der Waals surface area (Å²) < 4.78 is 13.9. The first kappa shape index (κ1) is 21.5. The number of nitrogens with zero attached hydrogens (tertiary/aromatic N) is 3. The van der Waals surface area contributed by atoms with Crippen LogP contribution in [-0.4, -0.2) is 46.9 Å². The van der Waals surface area contributed by atoms with E-state index in [1.165, 1.54) is 17.8 Å². The number of hydrogen-bond donors (Lipinski definition) is 2. The van der Waals surface area contributed by atoms with Gasteiger partial charge < -0.3 is 15.5 Å². The predicted octanol–water partition coefficient (Wildman–Crippen LogP) is 3.15. The first-order valence-electron chi connectivity index (χ1n) is 10.6. The average molecular weight is 444 g/mol. The third kappa shape index (κ3) is 5.94. The van der Waals surface area contributed by atoms with Crippen LogP contribution in [0.15, 0.2) is 35.4 Å². The molecule has 1 aliphatic heterocycles. The second-order valence-corrected chi connectivity index (χ2v) is 9.09. The Hall–Kier alpha value is -2.68. The number of carbonyl (C=O) groups excluding carboxylic acids is 2. The van der Waals surface area contributed by atoms with Crippen molar-refractivity contribution in [3.63, 3.8) is 0 Å². The van der Waals surface area contributed by atoms with Gasteiger partial charge in [-0.05, 0) is 62.4 Å². The van der Waals surface area contributed by atoms with E-state index >= 15 is 0 Å². The summed E-state index contributed by atoms with van der Waals surface area (Å²) in [5, 5.41) is 14.8. The van der Waals surface area contributed by atoms with Crippen molar-refractivity contribution in [2.45, 2.75) is 43.7 Å². The fourth-order valence-corrected chi connectivity index (χ4v) is 4.14. The highest BCUT2D eigenvalue weighted by atomic mass is 32.2. The quantitative estimate of drug-likeness (QED) is 0.640. The molecule has 164 valence electrons. The van der Waals surface area contributed by atoms with E-state index in [1.807, 2.05) is 12.1 Å². The minimum atomic E-state index is -0.448. The fraction of sp³-hybridized carbons (Fsp3) is 0.455. The highest BCUT2D eigenvalue weighted by Gasteiger charge is 2.30. The average Bonchev–Trinajstić information content (AvgIpc) is 3.59. The summed E-state index contributed by atoms with van der Waals surface area (Å²) in [4.78, 5) is 26.4. The second-order valence-electron chi connectivity index (χ2n) is 8.09. The van der Waals surface area contributed by atoms with Crippen molar-refractivity contribution in [2.24, 2.45) is 5.92 Å². The molecule has 0 radical (unpaired) electrons. The van der Waals surface area contributed by atoms with Gasteiger partial charge in [-0.25, -0.2) is 4.39 Å². The lowest BCUT2D eigenvalue weighted by atomic mass is 9.96. The molecule has 1 aliphatic carbocycles. The molecule has 2 amide bonds. The van der Waals surface area contributed by atoms with Gasteiger partial charge >= 0.3 is 0 Å². The highest BCUT2D eigenvalue weighted by molar-refractivity contribution is 7.99. The largest absolute Gasteiger partial charge is 0.355 e. The molecule has 31 heavy (non-hydrogen) atoms. The van der Waals surface area contributed by atoms with Crippen LogP contribution >= 0.6 is 11.8 Å². The normalized spacial score (nSPS) is 16.8. The summed E-state index contributed by atoms with van der Waals surface area (Å²) in [5.74, 6) is 0.404. The van der Waals surface area contributed by atoms with Crippen LogP contribution in [0.25, 0.3) is 0 Å². The van der Waals surface area contributed by atoms with Crippen molar-refractivity contribution in [3.8, 4) is 0 Å². The molecule has 7 nitrogen and oxygen atoms in total. The molecule has 0 spiro atoms. The summed E-state index contributed by atoms with van der Waals surface area (Å²) in [5.41, 5.74) is 0.970. The molecule has 2 heterocycles. The lowest BCUT2D eigenvalue weighted by molar-refractivity contribution is -0.125. The summed E-state index contributed by atoms with van der Waals surface area (Å²) in [6.45, 7) is 3.34. The SMILES string of the molecule is Cc1ccc(NC(=O)CSc2ccc(N3CCC(C(=O)NC4CC4)CC3)nn2)c(F)c1. The zero-order valence-corrected chi connectivity index (χ0v) is 18.3. The number of amides is 2. The molecule has 0 bridgehead atoms. The van der Waals surface area contributed by atoms with Gasteiger partial charge in [-0.15, -0.1) is 10.2 Å². The molecule has 0 unspecified atom stereocenters. The monoisotopic (exact) mass is 443 g/mol. The Labute approximate surface area is 185 Å². The number of aryl methyl sites for hydroxylation is 1. The molecule has 1 aromatic heterocycles. The van der Waals surface area contributed by atoms with Crippen LogP contribution in [0.5, 0.6) is 0 Å². The van der Waals surface area contributed by atoms with Crippen molar-refractivity contribution < 1.29 is 14.0 Å². The molecule has 2 aromatic rings. The van der Waals surface area contributed by atoms with Gasteiger partial charge in [0.15, 0.2) is 5.82 Å². The standard InChI is InChI=1S/C22H26FN5O2S/c1-14-2-5-18(17(23)12-14)25-20(29)13-31-21-7-6-19(26-27-21)28-10-8-15(9-11-28)22(30)24-16-3-4-16/h2,5-7,12,15-16H,3-4,8-11,13H2,1H3,(H,24,30)(H,25,29). The molecule has 1 saturated carbocycles. The number of halogens is 1. The van der Waals surface area contributed by atoms with Crippen LogP contribution in [0.4, 0.5) is 15.9 Å². The van der Waals surface area contributed by atoms with Crippen LogP contribution in [0.3, 0.4) is 0 Å². The number of nitrogens with one attached hydrogen (secondary N) is 2. The maximum absolute atomic E-state index is 13.9. The first-order chi connectivity index (χ1) is 15.0. The number of anilines is 2. The number of hydrogen-bond acceptors (Lipinski definition) is 6.